The number of nitrogens with one attached hydrogen (secondary N) is 1. The monoisotopic (exact) mass is 624 g/mol. The van der Waals surface area contributed by atoms with Crippen molar-refractivity contribution in [2.75, 3.05) is 13.2 Å². The minimum Gasteiger partial charge on any atom is -0.424 e. The second kappa shape index (κ2) is 17.9. The molecule has 0 saturated carbocycles. The van der Waals surface area contributed by atoms with E-state index in [2.05, 4.69) is 77.2 Å². The minimum atomic E-state index is -1.18. The summed E-state index contributed by atoms with van der Waals surface area (Å²) in [6, 6.07) is 7.11. The maximum Gasteiger partial charge on any atom is 0.413 e. The first-order valence-electron chi connectivity index (χ1n) is 16.5. The standard InChI is InChI=1S/C37H56N2O6/c1-11-15-31-21-25(6)34(32(12-2)27(31)8)26(7)28(9)39(19-14-18-30-17-13-16-24(5)20-30)37(43)45-29(10)44-36(42)35(23(3)4)38-33(41)22-40/h12-13,16-17,20-21,23,25,27-29,35,40H,11,14-15,18-19,22H2,1-10H3,(H,38,41)/b32-12-,34-26+. The van der Waals surface area contributed by atoms with Crippen molar-refractivity contribution in [3.8, 4) is 0 Å². The molecule has 2 rings (SSSR count). The number of nitrogens with zero attached hydrogens (tertiary/aromatic N) is 1. The normalized spacial score (nSPS) is 20.6. The fraction of sp³-hybridized carbons (Fsp3) is 0.595. The Morgan fingerprint density at radius 2 is 1.78 bits per heavy atom. The average Bonchev–Trinajstić information content (AvgIpc) is 2.98. The molecule has 1 aromatic rings. The summed E-state index contributed by atoms with van der Waals surface area (Å²) >= 11 is 0. The Labute approximate surface area is 270 Å². The first-order chi connectivity index (χ1) is 21.2. The molecule has 2 amide bonds. The second-order valence-corrected chi connectivity index (χ2v) is 12.6. The smallest absolute Gasteiger partial charge is 0.413 e. The van der Waals surface area contributed by atoms with Crippen LogP contribution in [0.2, 0.25) is 0 Å². The molecule has 2 N–H and O–H groups in total. The summed E-state index contributed by atoms with van der Waals surface area (Å²) in [7, 11) is 0. The van der Waals surface area contributed by atoms with E-state index >= 15 is 0 Å². The van der Waals surface area contributed by atoms with Gasteiger partial charge in [-0.05, 0) is 81.1 Å². The number of esters is 1. The van der Waals surface area contributed by atoms with Crippen molar-refractivity contribution in [2.45, 2.75) is 113 Å². The van der Waals surface area contributed by atoms with Crippen LogP contribution in [0, 0.1) is 24.7 Å². The van der Waals surface area contributed by atoms with Gasteiger partial charge in [-0.25, -0.2) is 9.59 Å². The van der Waals surface area contributed by atoms with Crippen LogP contribution in [0.3, 0.4) is 0 Å². The molecule has 0 saturated heterocycles. The number of carbonyl (C=O) groups is 3. The summed E-state index contributed by atoms with van der Waals surface area (Å²) in [5.41, 5.74) is 7.53. The van der Waals surface area contributed by atoms with Crippen LogP contribution in [0.4, 0.5) is 4.79 Å². The Morgan fingerprint density at radius 1 is 1.09 bits per heavy atom. The lowest BCUT2D eigenvalue weighted by atomic mass is 9.72. The van der Waals surface area contributed by atoms with Crippen molar-refractivity contribution < 1.29 is 29.0 Å². The fourth-order valence-electron chi connectivity index (χ4n) is 6.24. The third-order valence-electron chi connectivity index (χ3n) is 8.73. The highest BCUT2D eigenvalue weighted by Gasteiger charge is 2.33. The maximum absolute atomic E-state index is 13.8. The lowest BCUT2D eigenvalue weighted by Crippen LogP contribution is -2.48. The van der Waals surface area contributed by atoms with Crippen molar-refractivity contribution in [1.29, 1.82) is 0 Å². The molecule has 0 aromatic heterocycles. The quantitative estimate of drug-likeness (QED) is 0.131. The van der Waals surface area contributed by atoms with Crippen LogP contribution in [0.15, 0.2) is 58.7 Å². The van der Waals surface area contributed by atoms with Gasteiger partial charge in [0, 0.05) is 19.4 Å². The highest BCUT2D eigenvalue weighted by molar-refractivity contribution is 5.85. The van der Waals surface area contributed by atoms with Gasteiger partial charge in [0.1, 0.15) is 12.6 Å². The SMILES string of the molecule is C/C=C1\C(=C(/C)C(C)N(CCCc2cccc(C)c2)C(=O)OC(C)OC(=O)C(NC(=O)CO)C(C)C)C(C)C=C(CCC)C1C. The molecule has 8 nitrogen and oxygen atoms in total. The number of ether oxygens (including phenoxy) is 2. The van der Waals surface area contributed by atoms with E-state index in [0.29, 0.717) is 12.5 Å². The van der Waals surface area contributed by atoms with Crippen molar-refractivity contribution >= 4 is 18.0 Å². The Hall–Kier alpha value is -3.39. The van der Waals surface area contributed by atoms with Crippen LogP contribution >= 0.6 is 0 Å². The lowest BCUT2D eigenvalue weighted by molar-refractivity contribution is -0.171. The van der Waals surface area contributed by atoms with E-state index in [-0.39, 0.29) is 17.9 Å². The van der Waals surface area contributed by atoms with E-state index in [9.17, 15) is 14.4 Å². The van der Waals surface area contributed by atoms with Crippen molar-refractivity contribution in [3.63, 3.8) is 0 Å². The van der Waals surface area contributed by atoms with E-state index in [1.165, 1.54) is 34.8 Å². The number of hydrogen-bond donors (Lipinski definition) is 2. The molecule has 5 atom stereocenters. The number of allylic oxidation sites excluding steroid dienone is 5. The predicted molar refractivity (Wildman–Crippen MR) is 179 cm³/mol. The second-order valence-electron chi connectivity index (χ2n) is 12.6. The Kier molecular flexibility index (Phi) is 15.1. The van der Waals surface area contributed by atoms with Gasteiger partial charge in [0.15, 0.2) is 0 Å². The first kappa shape index (κ1) is 37.8. The summed E-state index contributed by atoms with van der Waals surface area (Å²) in [5.74, 6) is -1.19. The third-order valence-corrected chi connectivity index (χ3v) is 8.73. The summed E-state index contributed by atoms with van der Waals surface area (Å²) < 4.78 is 11.2. The molecular weight excluding hydrogens is 568 g/mol. The van der Waals surface area contributed by atoms with E-state index < -0.39 is 36.9 Å². The molecule has 8 heteroatoms. The number of benzene rings is 1. The van der Waals surface area contributed by atoms with Gasteiger partial charge in [0.2, 0.25) is 12.2 Å². The Bertz CT molecular complexity index is 1260. The molecule has 0 fully saturated rings. The molecule has 0 aliphatic heterocycles. The number of amides is 2. The molecule has 5 unspecified atom stereocenters. The van der Waals surface area contributed by atoms with Crippen molar-refractivity contribution in [3.05, 3.63) is 69.8 Å². The van der Waals surface area contributed by atoms with Crippen molar-refractivity contribution in [1.82, 2.24) is 10.2 Å². The van der Waals surface area contributed by atoms with E-state index in [0.717, 1.165) is 31.3 Å². The average molecular weight is 625 g/mol. The highest BCUT2D eigenvalue weighted by Crippen LogP contribution is 2.41. The first-order valence-corrected chi connectivity index (χ1v) is 16.5. The number of hydrogen-bond acceptors (Lipinski definition) is 6. The zero-order chi connectivity index (χ0) is 33.8. The lowest BCUT2D eigenvalue weighted by Gasteiger charge is -2.36. The molecule has 0 bridgehead atoms. The zero-order valence-corrected chi connectivity index (χ0v) is 29.1. The number of aliphatic hydroxyl groups is 1. The van der Waals surface area contributed by atoms with Gasteiger partial charge in [0.05, 0.1) is 6.04 Å². The van der Waals surface area contributed by atoms with Crippen LogP contribution in [-0.4, -0.2) is 59.5 Å². The van der Waals surface area contributed by atoms with E-state index in [1.54, 1.807) is 18.7 Å². The third kappa shape index (κ3) is 10.6. The predicted octanol–water partition coefficient (Wildman–Crippen LogP) is 7.05. The number of carbonyl (C=O) groups excluding carboxylic acids is 3. The van der Waals surface area contributed by atoms with Crippen LogP contribution in [0.25, 0.3) is 0 Å². The molecule has 250 valence electrons. The molecule has 0 heterocycles. The van der Waals surface area contributed by atoms with E-state index in [1.807, 2.05) is 13.0 Å². The van der Waals surface area contributed by atoms with Gasteiger partial charge in [-0.1, -0.05) is 88.6 Å². The summed E-state index contributed by atoms with van der Waals surface area (Å²) in [6.45, 7) is 19.7. The van der Waals surface area contributed by atoms with Crippen LogP contribution in [0.5, 0.6) is 0 Å². The van der Waals surface area contributed by atoms with Gasteiger partial charge in [-0.3, -0.25) is 4.79 Å². The van der Waals surface area contributed by atoms with Crippen LogP contribution in [-0.2, 0) is 25.5 Å². The number of aliphatic hydroxyl groups excluding tert-OH is 1. The van der Waals surface area contributed by atoms with Crippen molar-refractivity contribution in [2.24, 2.45) is 17.8 Å². The van der Waals surface area contributed by atoms with Gasteiger partial charge in [0.25, 0.3) is 0 Å². The van der Waals surface area contributed by atoms with Crippen LogP contribution in [0.1, 0.15) is 92.7 Å². The fourth-order valence-corrected chi connectivity index (χ4v) is 6.24. The molecule has 45 heavy (non-hydrogen) atoms. The molecule has 0 spiro atoms. The highest BCUT2D eigenvalue weighted by atomic mass is 16.7. The Balaban J connectivity index is 2.35. The van der Waals surface area contributed by atoms with Gasteiger partial charge in [-0.2, -0.15) is 0 Å². The summed E-state index contributed by atoms with van der Waals surface area (Å²) in [6.07, 6.45) is 6.53. The number of aryl methyl sites for hydroxylation is 2. The summed E-state index contributed by atoms with van der Waals surface area (Å²) in [4.78, 5) is 40.1. The topological polar surface area (TPSA) is 105 Å². The maximum atomic E-state index is 13.8. The summed E-state index contributed by atoms with van der Waals surface area (Å²) in [5, 5.41) is 11.6. The van der Waals surface area contributed by atoms with E-state index in [4.69, 9.17) is 14.6 Å². The molecule has 1 aromatic carbocycles. The van der Waals surface area contributed by atoms with Gasteiger partial charge < -0.3 is 24.8 Å². The van der Waals surface area contributed by atoms with Crippen LogP contribution < -0.4 is 5.32 Å². The largest absolute Gasteiger partial charge is 0.424 e. The van der Waals surface area contributed by atoms with Gasteiger partial charge >= 0.3 is 12.1 Å². The molecule has 0 radical (unpaired) electrons. The molecule has 1 aliphatic carbocycles. The number of rotatable bonds is 14. The minimum absolute atomic E-state index is 0.212. The molecule has 1 aliphatic rings. The zero-order valence-electron chi connectivity index (χ0n) is 29.1. The van der Waals surface area contributed by atoms with Gasteiger partial charge in [-0.15, -0.1) is 0 Å². The Morgan fingerprint density at radius 3 is 2.36 bits per heavy atom. The molecular formula is C37H56N2O6.